The third kappa shape index (κ3) is 3.01. The van der Waals surface area contributed by atoms with Crippen LogP contribution in [-0.2, 0) is 5.41 Å². The monoisotopic (exact) mass is 232 g/mol. The maximum absolute atomic E-state index is 6.11. The van der Waals surface area contributed by atoms with Crippen molar-refractivity contribution in [3.63, 3.8) is 0 Å². The lowest BCUT2D eigenvalue weighted by atomic mass is 9.86. The van der Waals surface area contributed by atoms with Crippen LogP contribution < -0.4 is 11.1 Å². The normalized spacial score (nSPS) is 17.9. The molecule has 1 saturated carbocycles. The maximum Gasteiger partial charge on any atom is 0.0373 e. The molecule has 17 heavy (non-hydrogen) atoms. The van der Waals surface area contributed by atoms with Crippen molar-refractivity contribution in [1.29, 1.82) is 0 Å². The largest absolute Gasteiger partial charge is 0.383 e. The Kier molecular flexibility index (Phi) is 2.94. The molecular formula is C15H24N2. The average molecular weight is 232 g/mol. The number of nitrogens with two attached hydrogens (primary N) is 1. The first-order valence-electron chi connectivity index (χ1n) is 6.44. The van der Waals surface area contributed by atoms with Crippen LogP contribution >= 0.6 is 0 Å². The van der Waals surface area contributed by atoms with E-state index in [4.69, 9.17) is 5.73 Å². The molecule has 0 bridgehead atoms. The van der Waals surface area contributed by atoms with Gasteiger partial charge >= 0.3 is 0 Å². The van der Waals surface area contributed by atoms with Gasteiger partial charge in [0.05, 0.1) is 0 Å². The van der Waals surface area contributed by atoms with E-state index in [0.29, 0.717) is 0 Å². The topological polar surface area (TPSA) is 38.0 Å². The quantitative estimate of drug-likeness (QED) is 0.840. The summed E-state index contributed by atoms with van der Waals surface area (Å²) in [7, 11) is 0. The fourth-order valence-corrected chi connectivity index (χ4v) is 1.89. The van der Waals surface area contributed by atoms with Crippen LogP contribution in [-0.4, -0.2) is 12.1 Å². The molecule has 0 aliphatic heterocycles. The van der Waals surface area contributed by atoms with E-state index >= 15 is 0 Å². The lowest BCUT2D eigenvalue weighted by Crippen LogP contribution is -2.31. The summed E-state index contributed by atoms with van der Waals surface area (Å²) in [5.74, 6) is 0. The molecule has 2 heteroatoms. The average Bonchev–Trinajstić information content (AvgIpc) is 2.94. The van der Waals surface area contributed by atoms with E-state index in [9.17, 15) is 0 Å². The van der Waals surface area contributed by atoms with Crippen molar-refractivity contribution in [2.45, 2.75) is 51.5 Å². The number of rotatable bonds is 3. The molecule has 0 atom stereocenters. The minimum atomic E-state index is 0.0597. The summed E-state index contributed by atoms with van der Waals surface area (Å²) < 4.78 is 0. The highest BCUT2D eigenvalue weighted by Crippen LogP contribution is 2.33. The van der Waals surface area contributed by atoms with E-state index in [1.807, 2.05) is 0 Å². The lowest BCUT2D eigenvalue weighted by molar-refractivity contribution is 0.590. The van der Waals surface area contributed by atoms with Gasteiger partial charge in [0, 0.05) is 17.8 Å². The number of hydrogen-bond acceptors (Lipinski definition) is 2. The van der Waals surface area contributed by atoms with Crippen LogP contribution in [0.1, 0.15) is 44.7 Å². The molecule has 1 fully saturated rings. The Balaban J connectivity index is 2.14. The van der Waals surface area contributed by atoms with E-state index in [-0.39, 0.29) is 11.0 Å². The number of nitrogens with one attached hydrogen (secondary N) is 1. The molecular weight excluding hydrogens is 208 g/mol. The molecule has 3 N–H and O–H groups in total. The van der Waals surface area contributed by atoms with E-state index < -0.39 is 0 Å². The van der Waals surface area contributed by atoms with Gasteiger partial charge in [-0.05, 0) is 42.4 Å². The zero-order valence-electron chi connectivity index (χ0n) is 11.4. The van der Waals surface area contributed by atoms with Crippen molar-refractivity contribution in [3.8, 4) is 0 Å². The van der Waals surface area contributed by atoms with Crippen LogP contribution in [0.4, 0.5) is 5.69 Å². The Bertz CT molecular complexity index is 411. The number of benzene rings is 1. The first kappa shape index (κ1) is 12.4. The molecule has 2 nitrogen and oxygen atoms in total. The second kappa shape index (κ2) is 4.02. The summed E-state index contributed by atoms with van der Waals surface area (Å²) in [5, 5.41) is 3.50. The van der Waals surface area contributed by atoms with Crippen molar-refractivity contribution in [1.82, 2.24) is 0 Å². The van der Waals surface area contributed by atoms with Gasteiger partial charge in [-0.1, -0.05) is 32.9 Å². The molecule has 0 radical (unpaired) electrons. The number of aryl methyl sites for hydroxylation is 1. The zero-order chi connectivity index (χ0) is 12.7. The highest BCUT2D eigenvalue weighted by atomic mass is 15.0. The van der Waals surface area contributed by atoms with Crippen LogP contribution in [0.25, 0.3) is 0 Å². The van der Waals surface area contributed by atoms with E-state index in [0.717, 1.165) is 19.4 Å². The van der Waals surface area contributed by atoms with Gasteiger partial charge in [-0.25, -0.2) is 0 Å². The number of anilines is 1. The standard InChI is InChI=1S/C15H24N2/c1-11-5-6-12(14(2,3)4)9-13(11)17-10-15(16)7-8-15/h5-6,9,17H,7-8,10,16H2,1-4H3. The Morgan fingerprint density at radius 3 is 2.47 bits per heavy atom. The summed E-state index contributed by atoms with van der Waals surface area (Å²) >= 11 is 0. The summed E-state index contributed by atoms with van der Waals surface area (Å²) in [6, 6.07) is 6.68. The van der Waals surface area contributed by atoms with Gasteiger partial charge in [0.15, 0.2) is 0 Å². The molecule has 1 aromatic rings. The van der Waals surface area contributed by atoms with Crippen LogP contribution in [0.3, 0.4) is 0 Å². The lowest BCUT2D eigenvalue weighted by Gasteiger charge is -2.22. The summed E-state index contributed by atoms with van der Waals surface area (Å²) in [5.41, 5.74) is 10.3. The second-order valence-electron chi connectivity index (χ2n) is 6.50. The van der Waals surface area contributed by atoms with Gasteiger partial charge < -0.3 is 11.1 Å². The summed E-state index contributed by atoms with van der Waals surface area (Å²) in [6.45, 7) is 9.76. The molecule has 0 unspecified atom stereocenters. The summed E-state index contributed by atoms with van der Waals surface area (Å²) in [6.07, 6.45) is 2.30. The van der Waals surface area contributed by atoms with Crippen molar-refractivity contribution in [3.05, 3.63) is 29.3 Å². The second-order valence-corrected chi connectivity index (χ2v) is 6.50. The van der Waals surface area contributed by atoms with Crippen molar-refractivity contribution < 1.29 is 0 Å². The van der Waals surface area contributed by atoms with E-state index in [1.165, 1.54) is 16.8 Å². The molecule has 0 aromatic heterocycles. The Hall–Kier alpha value is -1.02. The highest BCUT2D eigenvalue weighted by Gasteiger charge is 2.37. The van der Waals surface area contributed by atoms with Crippen LogP contribution in [0, 0.1) is 6.92 Å². The molecule has 1 aromatic carbocycles. The SMILES string of the molecule is Cc1ccc(C(C)(C)C)cc1NCC1(N)CC1. The van der Waals surface area contributed by atoms with E-state index in [1.54, 1.807) is 0 Å². The van der Waals surface area contributed by atoms with Crippen molar-refractivity contribution in [2.24, 2.45) is 5.73 Å². The van der Waals surface area contributed by atoms with Crippen LogP contribution in [0.5, 0.6) is 0 Å². The minimum Gasteiger partial charge on any atom is -0.383 e. The maximum atomic E-state index is 6.11. The fourth-order valence-electron chi connectivity index (χ4n) is 1.89. The molecule has 1 aliphatic rings. The smallest absolute Gasteiger partial charge is 0.0373 e. The predicted octanol–water partition coefficient (Wildman–Crippen LogP) is 3.20. The van der Waals surface area contributed by atoms with Crippen molar-refractivity contribution >= 4 is 5.69 Å². The molecule has 0 amide bonds. The first-order chi connectivity index (χ1) is 7.80. The Morgan fingerprint density at radius 2 is 1.94 bits per heavy atom. The highest BCUT2D eigenvalue weighted by molar-refractivity contribution is 5.54. The van der Waals surface area contributed by atoms with Gasteiger partial charge in [0.1, 0.15) is 0 Å². The van der Waals surface area contributed by atoms with E-state index in [2.05, 4.69) is 51.2 Å². The number of hydrogen-bond donors (Lipinski definition) is 2. The van der Waals surface area contributed by atoms with Crippen molar-refractivity contribution in [2.75, 3.05) is 11.9 Å². The molecule has 0 heterocycles. The fraction of sp³-hybridized carbons (Fsp3) is 0.600. The van der Waals surface area contributed by atoms with Gasteiger partial charge in [-0.15, -0.1) is 0 Å². The Morgan fingerprint density at radius 1 is 1.29 bits per heavy atom. The Labute approximate surface area is 105 Å². The molecule has 94 valence electrons. The molecule has 1 aliphatic carbocycles. The molecule has 2 rings (SSSR count). The van der Waals surface area contributed by atoms with Gasteiger partial charge in [0.25, 0.3) is 0 Å². The minimum absolute atomic E-state index is 0.0597. The first-order valence-corrected chi connectivity index (χ1v) is 6.44. The van der Waals surface area contributed by atoms with Crippen LogP contribution in [0.2, 0.25) is 0 Å². The zero-order valence-corrected chi connectivity index (χ0v) is 11.4. The van der Waals surface area contributed by atoms with Gasteiger partial charge in [-0.3, -0.25) is 0 Å². The van der Waals surface area contributed by atoms with Gasteiger partial charge in [0.2, 0.25) is 0 Å². The third-order valence-electron chi connectivity index (χ3n) is 3.63. The van der Waals surface area contributed by atoms with Gasteiger partial charge in [-0.2, -0.15) is 0 Å². The summed E-state index contributed by atoms with van der Waals surface area (Å²) in [4.78, 5) is 0. The van der Waals surface area contributed by atoms with Crippen LogP contribution in [0.15, 0.2) is 18.2 Å². The third-order valence-corrected chi connectivity index (χ3v) is 3.63. The molecule has 0 spiro atoms. The molecule has 0 saturated heterocycles. The predicted molar refractivity (Wildman–Crippen MR) is 74.5 cm³/mol.